The van der Waals surface area contributed by atoms with E-state index in [0.29, 0.717) is 16.7 Å². The van der Waals surface area contributed by atoms with Crippen molar-refractivity contribution >= 4 is 11.8 Å². The Kier molecular flexibility index (Phi) is 5.28. The Morgan fingerprint density at radius 2 is 1.41 bits per heavy atom. The van der Waals surface area contributed by atoms with Gasteiger partial charge in [0.15, 0.2) is 12.4 Å². The maximum absolute atomic E-state index is 13.0. The van der Waals surface area contributed by atoms with Gasteiger partial charge < -0.3 is 9.84 Å². The van der Waals surface area contributed by atoms with Gasteiger partial charge in [-0.3, -0.25) is 4.79 Å². The SMILES string of the molecule is O=C(COC(=O)C(O)(c1ccccc1)c1ccccc1)c1ccc2c(c1)CCC2. The Morgan fingerprint density at radius 3 is 2.03 bits per heavy atom. The van der Waals surface area contributed by atoms with Crippen LogP contribution in [0.25, 0.3) is 0 Å². The van der Waals surface area contributed by atoms with Crippen LogP contribution in [0.5, 0.6) is 0 Å². The second kappa shape index (κ2) is 8.02. The number of hydrogen-bond acceptors (Lipinski definition) is 4. The Bertz CT molecular complexity index is 986. The third-order valence-electron chi connectivity index (χ3n) is 5.43. The molecule has 1 aliphatic rings. The first-order valence-corrected chi connectivity index (χ1v) is 9.74. The fraction of sp³-hybridized carbons (Fsp3) is 0.200. The Labute approximate surface area is 169 Å². The van der Waals surface area contributed by atoms with Crippen LogP contribution in [0.3, 0.4) is 0 Å². The molecule has 1 N–H and O–H groups in total. The van der Waals surface area contributed by atoms with E-state index in [4.69, 9.17) is 4.74 Å². The number of aliphatic hydroxyl groups is 1. The summed E-state index contributed by atoms with van der Waals surface area (Å²) in [6, 6.07) is 22.9. The van der Waals surface area contributed by atoms with E-state index in [0.717, 1.165) is 19.3 Å². The molecule has 4 nitrogen and oxygen atoms in total. The molecule has 29 heavy (non-hydrogen) atoms. The van der Waals surface area contributed by atoms with Crippen molar-refractivity contribution in [3.63, 3.8) is 0 Å². The molecular weight excluding hydrogens is 364 g/mol. The zero-order valence-corrected chi connectivity index (χ0v) is 16.0. The smallest absolute Gasteiger partial charge is 0.348 e. The predicted octanol–water partition coefficient (Wildman–Crippen LogP) is 3.84. The van der Waals surface area contributed by atoms with Crippen LogP contribution in [0.4, 0.5) is 0 Å². The van der Waals surface area contributed by atoms with E-state index < -0.39 is 18.2 Å². The molecule has 0 saturated carbocycles. The van der Waals surface area contributed by atoms with Gasteiger partial charge in [0.05, 0.1) is 0 Å². The van der Waals surface area contributed by atoms with E-state index in [1.165, 1.54) is 11.1 Å². The first kappa shape index (κ1) is 19.1. The number of hydrogen-bond donors (Lipinski definition) is 1. The molecule has 0 heterocycles. The highest BCUT2D eigenvalue weighted by molar-refractivity contribution is 5.99. The van der Waals surface area contributed by atoms with Crippen LogP contribution in [-0.2, 0) is 28.0 Å². The Morgan fingerprint density at radius 1 is 0.828 bits per heavy atom. The summed E-state index contributed by atoms with van der Waals surface area (Å²) in [5.41, 5.74) is 1.79. The molecule has 146 valence electrons. The highest BCUT2D eigenvalue weighted by Gasteiger charge is 2.41. The number of carbonyl (C=O) groups is 2. The molecule has 0 fully saturated rings. The van der Waals surface area contributed by atoms with Crippen LogP contribution in [0.1, 0.15) is 39.0 Å². The molecule has 0 bridgehead atoms. The molecule has 3 aromatic rings. The maximum Gasteiger partial charge on any atom is 0.348 e. The van der Waals surface area contributed by atoms with E-state index in [-0.39, 0.29) is 5.78 Å². The normalized spacial score (nSPS) is 13.0. The monoisotopic (exact) mass is 386 g/mol. The summed E-state index contributed by atoms with van der Waals surface area (Å²) in [4.78, 5) is 25.6. The average Bonchev–Trinajstić information content (AvgIpc) is 3.25. The van der Waals surface area contributed by atoms with E-state index in [1.807, 2.05) is 12.1 Å². The predicted molar refractivity (Wildman–Crippen MR) is 110 cm³/mol. The number of Topliss-reactive ketones (excluding diaryl/α,β-unsaturated/α-hetero) is 1. The molecule has 4 rings (SSSR count). The molecule has 0 amide bonds. The minimum absolute atomic E-state index is 0.281. The van der Waals surface area contributed by atoms with Gasteiger partial charge in [-0.25, -0.2) is 4.79 Å². The van der Waals surface area contributed by atoms with Gasteiger partial charge in [0.1, 0.15) is 0 Å². The lowest BCUT2D eigenvalue weighted by Gasteiger charge is -2.27. The number of fused-ring (bicyclic) bond motifs is 1. The maximum atomic E-state index is 13.0. The summed E-state index contributed by atoms with van der Waals surface area (Å²) in [6.07, 6.45) is 3.11. The minimum Gasteiger partial charge on any atom is -0.455 e. The average molecular weight is 386 g/mol. The summed E-state index contributed by atoms with van der Waals surface area (Å²) in [5.74, 6) is -1.15. The second-order valence-corrected chi connectivity index (χ2v) is 7.28. The first-order chi connectivity index (χ1) is 14.1. The molecule has 3 aromatic carbocycles. The topological polar surface area (TPSA) is 63.6 Å². The van der Waals surface area contributed by atoms with Gasteiger partial charge in [-0.15, -0.1) is 0 Å². The standard InChI is InChI=1S/C25H22O4/c26-23(20-15-14-18-8-7-9-19(18)16-20)17-29-24(27)25(28,21-10-3-1-4-11-21)22-12-5-2-6-13-22/h1-6,10-16,28H,7-9,17H2. The highest BCUT2D eigenvalue weighted by atomic mass is 16.6. The van der Waals surface area contributed by atoms with Crippen molar-refractivity contribution in [3.05, 3.63) is 107 Å². The summed E-state index contributed by atoms with van der Waals surface area (Å²) in [5, 5.41) is 11.3. The van der Waals surface area contributed by atoms with Crippen LogP contribution < -0.4 is 0 Å². The number of benzene rings is 3. The van der Waals surface area contributed by atoms with Gasteiger partial charge >= 0.3 is 5.97 Å². The zero-order chi connectivity index (χ0) is 20.3. The summed E-state index contributed by atoms with van der Waals surface area (Å²) in [6.45, 7) is -0.417. The highest BCUT2D eigenvalue weighted by Crippen LogP contribution is 2.31. The Hall–Kier alpha value is -3.24. The van der Waals surface area contributed by atoms with Crippen molar-refractivity contribution in [2.75, 3.05) is 6.61 Å². The second-order valence-electron chi connectivity index (χ2n) is 7.28. The molecular formula is C25H22O4. The van der Waals surface area contributed by atoms with E-state index in [1.54, 1.807) is 66.7 Å². The quantitative estimate of drug-likeness (QED) is 0.516. The molecule has 0 aromatic heterocycles. The molecule has 0 atom stereocenters. The van der Waals surface area contributed by atoms with Crippen molar-refractivity contribution in [2.24, 2.45) is 0 Å². The minimum atomic E-state index is -1.99. The van der Waals surface area contributed by atoms with E-state index in [9.17, 15) is 14.7 Å². The number of rotatable bonds is 6. The Balaban J connectivity index is 1.55. The van der Waals surface area contributed by atoms with E-state index >= 15 is 0 Å². The summed E-state index contributed by atoms with van der Waals surface area (Å²) >= 11 is 0. The molecule has 1 aliphatic carbocycles. The van der Waals surface area contributed by atoms with Gasteiger partial charge in [0.2, 0.25) is 5.60 Å². The van der Waals surface area contributed by atoms with Gasteiger partial charge in [0, 0.05) is 5.56 Å². The molecule has 0 saturated heterocycles. The lowest BCUT2D eigenvalue weighted by atomic mass is 9.86. The van der Waals surface area contributed by atoms with Gasteiger partial charge in [-0.2, -0.15) is 0 Å². The van der Waals surface area contributed by atoms with Crippen molar-refractivity contribution in [2.45, 2.75) is 24.9 Å². The summed E-state index contributed by atoms with van der Waals surface area (Å²) < 4.78 is 5.31. The number of esters is 1. The third-order valence-corrected chi connectivity index (χ3v) is 5.43. The zero-order valence-electron chi connectivity index (χ0n) is 16.0. The van der Waals surface area contributed by atoms with Crippen molar-refractivity contribution in [1.82, 2.24) is 0 Å². The number of ketones is 1. The lowest BCUT2D eigenvalue weighted by molar-refractivity contribution is -0.160. The third kappa shape index (κ3) is 3.71. The first-order valence-electron chi connectivity index (χ1n) is 9.74. The molecule has 4 heteroatoms. The number of aryl methyl sites for hydroxylation is 2. The van der Waals surface area contributed by atoms with Crippen molar-refractivity contribution in [3.8, 4) is 0 Å². The van der Waals surface area contributed by atoms with Crippen LogP contribution in [0.2, 0.25) is 0 Å². The van der Waals surface area contributed by atoms with Gasteiger partial charge in [-0.1, -0.05) is 72.8 Å². The number of ether oxygens (including phenoxy) is 1. The largest absolute Gasteiger partial charge is 0.455 e. The fourth-order valence-electron chi connectivity index (χ4n) is 3.83. The lowest BCUT2D eigenvalue weighted by Crippen LogP contribution is -2.39. The fourth-order valence-corrected chi connectivity index (χ4v) is 3.83. The van der Waals surface area contributed by atoms with E-state index in [2.05, 4.69) is 0 Å². The molecule has 0 aliphatic heterocycles. The summed E-state index contributed by atoms with van der Waals surface area (Å²) in [7, 11) is 0. The van der Waals surface area contributed by atoms with Crippen LogP contribution in [0.15, 0.2) is 78.9 Å². The van der Waals surface area contributed by atoms with Crippen LogP contribution in [0, 0.1) is 0 Å². The van der Waals surface area contributed by atoms with Crippen LogP contribution in [-0.4, -0.2) is 23.5 Å². The molecule has 0 unspecified atom stereocenters. The van der Waals surface area contributed by atoms with Gasteiger partial charge in [-0.05, 0) is 47.6 Å². The molecule has 0 spiro atoms. The number of carbonyl (C=O) groups excluding carboxylic acids is 2. The van der Waals surface area contributed by atoms with Gasteiger partial charge in [0.25, 0.3) is 0 Å². The van der Waals surface area contributed by atoms with Crippen molar-refractivity contribution < 1.29 is 19.4 Å². The van der Waals surface area contributed by atoms with Crippen LogP contribution >= 0.6 is 0 Å². The van der Waals surface area contributed by atoms with Crippen molar-refractivity contribution in [1.29, 1.82) is 0 Å². The molecule has 0 radical (unpaired) electrons.